The van der Waals surface area contributed by atoms with Crippen LogP contribution in [0, 0.1) is 6.92 Å². The largest absolute Gasteiger partial charge is 0.376 e. The zero-order chi connectivity index (χ0) is 16.6. The Labute approximate surface area is 144 Å². The first-order valence-corrected chi connectivity index (χ1v) is 9.28. The minimum absolute atomic E-state index is 0.0946. The number of likely N-dealkylation sites (tertiary alicyclic amines) is 1. The molecule has 5 nitrogen and oxygen atoms in total. The first kappa shape index (κ1) is 15.8. The third-order valence-corrected chi connectivity index (χ3v) is 5.73. The lowest BCUT2D eigenvalue weighted by Gasteiger charge is -2.48. The molecule has 1 aromatic rings. The van der Waals surface area contributed by atoms with E-state index in [4.69, 9.17) is 0 Å². The number of nitrogens with one attached hydrogen (secondary N) is 2. The van der Waals surface area contributed by atoms with Gasteiger partial charge in [0.25, 0.3) is 0 Å². The molecule has 2 saturated heterocycles. The number of benzene rings is 1. The fourth-order valence-corrected chi connectivity index (χ4v) is 4.36. The van der Waals surface area contributed by atoms with Gasteiger partial charge in [0.05, 0.1) is 23.5 Å². The van der Waals surface area contributed by atoms with Gasteiger partial charge in [0, 0.05) is 19.6 Å². The fourth-order valence-electron chi connectivity index (χ4n) is 4.36. The fraction of sp³-hybridized carbons (Fsp3) is 0.632. The molecule has 1 spiro atoms. The van der Waals surface area contributed by atoms with Crippen molar-refractivity contribution in [3.8, 4) is 0 Å². The molecule has 24 heavy (non-hydrogen) atoms. The van der Waals surface area contributed by atoms with Crippen LogP contribution in [0.5, 0.6) is 0 Å². The number of aryl methyl sites for hydroxylation is 1. The highest BCUT2D eigenvalue weighted by Gasteiger charge is 2.39. The highest BCUT2D eigenvalue weighted by molar-refractivity contribution is 5.85. The van der Waals surface area contributed by atoms with Crippen molar-refractivity contribution < 1.29 is 4.79 Å². The number of hydrogen-bond acceptors (Lipinski definition) is 4. The number of carbonyl (C=O) groups is 1. The molecule has 0 aliphatic carbocycles. The van der Waals surface area contributed by atoms with Crippen LogP contribution in [0.4, 0.5) is 11.4 Å². The van der Waals surface area contributed by atoms with Gasteiger partial charge in [0.2, 0.25) is 5.91 Å². The van der Waals surface area contributed by atoms with Crippen molar-refractivity contribution in [2.24, 2.45) is 0 Å². The predicted octanol–water partition coefficient (Wildman–Crippen LogP) is 1.97. The van der Waals surface area contributed by atoms with Crippen LogP contribution in [0.25, 0.3) is 0 Å². The predicted molar refractivity (Wildman–Crippen MR) is 97.7 cm³/mol. The first-order chi connectivity index (χ1) is 11.7. The van der Waals surface area contributed by atoms with Gasteiger partial charge in [-0.3, -0.25) is 4.79 Å². The Bertz CT molecular complexity index is 618. The Balaban J connectivity index is 1.60. The molecule has 1 aromatic carbocycles. The quantitative estimate of drug-likeness (QED) is 0.871. The van der Waals surface area contributed by atoms with Crippen LogP contribution in [0.2, 0.25) is 0 Å². The molecule has 4 rings (SSSR count). The van der Waals surface area contributed by atoms with E-state index in [1.54, 1.807) is 0 Å². The van der Waals surface area contributed by atoms with E-state index in [1.165, 1.54) is 16.9 Å². The van der Waals surface area contributed by atoms with E-state index < -0.39 is 0 Å². The minimum atomic E-state index is 0.0946. The first-order valence-electron chi connectivity index (χ1n) is 9.28. The van der Waals surface area contributed by atoms with Gasteiger partial charge in [-0.25, -0.2) is 0 Å². The van der Waals surface area contributed by atoms with Crippen molar-refractivity contribution in [1.29, 1.82) is 0 Å². The summed E-state index contributed by atoms with van der Waals surface area (Å²) in [6.45, 7) is 7.51. The number of piperidine rings is 1. The van der Waals surface area contributed by atoms with E-state index >= 15 is 0 Å². The smallest absolute Gasteiger partial charge is 0.242 e. The molecular weight excluding hydrogens is 300 g/mol. The van der Waals surface area contributed by atoms with Crippen LogP contribution in [0.1, 0.15) is 31.2 Å². The molecule has 1 amide bonds. The second kappa shape index (κ2) is 6.28. The van der Waals surface area contributed by atoms with Gasteiger partial charge in [-0.15, -0.1) is 0 Å². The van der Waals surface area contributed by atoms with Gasteiger partial charge in [-0.05, 0) is 63.4 Å². The summed E-state index contributed by atoms with van der Waals surface area (Å²) in [7, 11) is 0. The molecule has 2 fully saturated rings. The summed E-state index contributed by atoms with van der Waals surface area (Å²) in [5.41, 5.74) is 3.73. The van der Waals surface area contributed by atoms with Crippen LogP contribution in [0.15, 0.2) is 18.2 Å². The van der Waals surface area contributed by atoms with Crippen LogP contribution in [-0.4, -0.2) is 55.6 Å². The van der Waals surface area contributed by atoms with Gasteiger partial charge in [0.15, 0.2) is 0 Å². The van der Waals surface area contributed by atoms with E-state index in [-0.39, 0.29) is 11.4 Å². The number of rotatable bonds is 2. The van der Waals surface area contributed by atoms with Crippen LogP contribution in [-0.2, 0) is 4.79 Å². The highest BCUT2D eigenvalue weighted by Crippen LogP contribution is 2.38. The maximum absolute atomic E-state index is 12.7. The lowest BCUT2D eigenvalue weighted by molar-refractivity contribution is -0.128. The molecule has 0 radical (unpaired) electrons. The van der Waals surface area contributed by atoms with Crippen molar-refractivity contribution in [1.82, 2.24) is 10.2 Å². The summed E-state index contributed by atoms with van der Waals surface area (Å²) in [4.78, 5) is 17.1. The highest BCUT2D eigenvalue weighted by atomic mass is 16.2. The van der Waals surface area contributed by atoms with Crippen LogP contribution >= 0.6 is 0 Å². The summed E-state index contributed by atoms with van der Waals surface area (Å²) in [6.07, 6.45) is 4.51. The molecule has 3 heterocycles. The number of carbonyl (C=O) groups excluding carboxylic acids is 1. The number of anilines is 2. The molecule has 0 unspecified atom stereocenters. The average molecular weight is 328 g/mol. The maximum Gasteiger partial charge on any atom is 0.242 e. The minimum Gasteiger partial charge on any atom is -0.376 e. The van der Waals surface area contributed by atoms with E-state index in [0.29, 0.717) is 6.54 Å². The molecule has 0 atom stereocenters. The molecule has 0 saturated carbocycles. The Kier molecular flexibility index (Phi) is 4.12. The van der Waals surface area contributed by atoms with E-state index in [1.807, 2.05) is 4.90 Å². The van der Waals surface area contributed by atoms with Crippen LogP contribution in [0.3, 0.4) is 0 Å². The maximum atomic E-state index is 12.7. The standard InChI is InChI=1S/C19H28N4O/c1-15-4-5-17-16(12-15)21-19(6-8-20-9-7-19)14-23(17)13-18(24)22-10-2-3-11-22/h4-5,12,20-21H,2-3,6-11,13-14H2,1H3. The van der Waals surface area contributed by atoms with Gasteiger partial charge >= 0.3 is 0 Å². The normalized spacial score (nSPS) is 22.4. The van der Waals surface area contributed by atoms with Gasteiger partial charge in [-0.2, -0.15) is 0 Å². The summed E-state index contributed by atoms with van der Waals surface area (Å²) in [6, 6.07) is 6.54. The van der Waals surface area contributed by atoms with Crippen molar-refractivity contribution >= 4 is 17.3 Å². The molecule has 0 bridgehead atoms. The number of fused-ring (bicyclic) bond motifs is 1. The molecule has 0 aromatic heterocycles. The van der Waals surface area contributed by atoms with Crippen molar-refractivity contribution in [3.63, 3.8) is 0 Å². The molecule has 3 aliphatic heterocycles. The Morgan fingerprint density at radius 1 is 1.21 bits per heavy atom. The second-order valence-electron chi connectivity index (χ2n) is 7.62. The number of hydrogen-bond donors (Lipinski definition) is 2. The van der Waals surface area contributed by atoms with E-state index in [9.17, 15) is 4.79 Å². The lowest BCUT2D eigenvalue weighted by atomic mass is 9.85. The van der Waals surface area contributed by atoms with Gasteiger partial charge in [0.1, 0.15) is 0 Å². The topological polar surface area (TPSA) is 47.6 Å². The number of amides is 1. The zero-order valence-electron chi connectivity index (χ0n) is 14.6. The molecule has 3 aliphatic rings. The molecular formula is C19H28N4O. The van der Waals surface area contributed by atoms with Crippen molar-refractivity contribution in [2.75, 3.05) is 49.5 Å². The number of nitrogens with zero attached hydrogens (tertiary/aromatic N) is 2. The third-order valence-electron chi connectivity index (χ3n) is 5.73. The summed E-state index contributed by atoms with van der Waals surface area (Å²) in [5.74, 6) is 0.282. The van der Waals surface area contributed by atoms with E-state index in [2.05, 4.69) is 40.7 Å². The van der Waals surface area contributed by atoms with Crippen molar-refractivity contribution in [2.45, 2.75) is 38.1 Å². The Morgan fingerprint density at radius 2 is 1.96 bits per heavy atom. The summed E-state index contributed by atoms with van der Waals surface area (Å²) in [5, 5.41) is 7.28. The molecule has 2 N–H and O–H groups in total. The zero-order valence-corrected chi connectivity index (χ0v) is 14.6. The lowest BCUT2D eigenvalue weighted by Crippen LogP contribution is -2.58. The third kappa shape index (κ3) is 2.97. The van der Waals surface area contributed by atoms with Crippen LogP contribution < -0.4 is 15.5 Å². The molecule has 5 heteroatoms. The summed E-state index contributed by atoms with van der Waals surface area (Å²) >= 11 is 0. The second-order valence-corrected chi connectivity index (χ2v) is 7.62. The Morgan fingerprint density at radius 3 is 2.71 bits per heavy atom. The van der Waals surface area contributed by atoms with Gasteiger partial charge < -0.3 is 20.4 Å². The van der Waals surface area contributed by atoms with Gasteiger partial charge in [-0.1, -0.05) is 6.07 Å². The summed E-state index contributed by atoms with van der Waals surface area (Å²) < 4.78 is 0. The van der Waals surface area contributed by atoms with E-state index in [0.717, 1.165) is 58.4 Å². The monoisotopic (exact) mass is 328 g/mol. The SMILES string of the molecule is Cc1ccc2c(c1)NC1(CCNCC1)CN2CC(=O)N1CCCC1. The van der Waals surface area contributed by atoms with Crippen molar-refractivity contribution in [3.05, 3.63) is 23.8 Å². The Hall–Kier alpha value is -1.75. The molecule has 130 valence electrons. The average Bonchev–Trinajstić information content (AvgIpc) is 3.09.